The Morgan fingerprint density at radius 2 is 1.84 bits per heavy atom. The first-order valence-electron chi connectivity index (χ1n) is 12.1. The molecular formula is C25H39N3O3S. The van der Waals surface area contributed by atoms with E-state index in [0.29, 0.717) is 11.4 Å². The number of thiophene rings is 1. The summed E-state index contributed by atoms with van der Waals surface area (Å²) in [5.74, 6) is -0.424. The molecule has 0 bridgehead atoms. The zero-order valence-corrected chi connectivity index (χ0v) is 20.7. The largest absolute Gasteiger partial charge is 0.457 e. The summed E-state index contributed by atoms with van der Waals surface area (Å²) in [4.78, 5) is 31.0. The number of carbonyl (C=O) groups excluding carboxylic acids is 2. The highest BCUT2D eigenvalue weighted by Crippen LogP contribution is 2.21. The molecule has 0 radical (unpaired) electrons. The van der Waals surface area contributed by atoms with Gasteiger partial charge in [-0.3, -0.25) is 4.79 Å². The summed E-state index contributed by atoms with van der Waals surface area (Å²) in [6, 6.07) is 4.44. The Kier molecular flexibility index (Phi) is 9.32. The van der Waals surface area contributed by atoms with Crippen LogP contribution in [-0.4, -0.2) is 72.6 Å². The number of carbonyl (C=O) groups is 2. The average molecular weight is 462 g/mol. The Bertz CT molecular complexity index is 770. The van der Waals surface area contributed by atoms with Crippen molar-refractivity contribution in [3.8, 4) is 0 Å². The molecule has 3 rings (SSSR count). The van der Waals surface area contributed by atoms with Crippen molar-refractivity contribution in [2.24, 2.45) is 0 Å². The fourth-order valence-corrected chi connectivity index (χ4v) is 5.26. The van der Waals surface area contributed by atoms with E-state index in [9.17, 15) is 9.59 Å². The predicted molar refractivity (Wildman–Crippen MR) is 131 cm³/mol. The van der Waals surface area contributed by atoms with E-state index in [1.165, 1.54) is 75.7 Å². The lowest BCUT2D eigenvalue weighted by Gasteiger charge is -2.40. The van der Waals surface area contributed by atoms with E-state index in [1.54, 1.807) is 12.1 Å². The normalized spacial score (nSPS) is 19.3. The molecule has 0 aliphatic carbocycles. The van der Waals surface area contributed by atoms with Gasteiger partial charge >= 0.3 is 5.97 Å². The highest BCUT2D eigenvalue weighted by atomic mass is 32.1. The van der Waals surface area contributed by atoms with Gasteiger partial charge in [0.1, 0.15) is 5.60 Å². The standard InChI is InChI=1S/C25H39N3O3S/c1-25(2,3)31-23(29)11-9-21-8-10-22(32-21)24(30)26-14-7-15-27-18-12-20(13-19-27)28-16-5-4-6-17-28/h8-11,20H,4-7,12-19H2,1-3H3,(H,26,30)/b11-9+. The van der Waals surface area contributed by atoms with Crippen molar-refractivity contribution in [3.63, 3.8) is 0 Å². The van der Waals surface area contributed by atoms with Crippen molar-refractivity contribution in [1.29, 1.82) is 0 Å². The Labute approximate surface area is 197 Å². The second-order valence-electron chi connectivity index (χ2n) is 9.85. The van der Waals surface area contributed by atoms with Crippen LogP contribution in [0.15, 0.2) is 18.2 Å². The lowest BCUT2D eigenvalue weighted by atomic mass is 10.00. The third kappa shape index (κ3) is 8.34. The summed E-state index contributed by atoms with van der Waals surface area (Å²) < 4.78 is 5.26. The summed E-state index contributed by atoms with van der Waals surface area (Å²) in [6.07, 6.45) is 10.8. The molecule has 2 saturated heterocycles. The van der Waals surface area contributed by atoms with Crippen molar-refractivity contribution >= 4 is 29.3 Å². The van der Waals surface area contributed by atoms with Gasteiger partial charge in [-0.25, -0.2) is 4.79 Å². The molecule has 178 valence electrons. The van der Waals surface area contributed by atoms with E-state index in [-0.39, 0.29) is 11.9 Å². The SMILES string of the molecule is CC(C)(C)OC(=O)/C=C/c1ccc(C(=O)NCCCN2CCC(N3CCCCC3)CC2)s1. The first-order chi connectivity index (χ1) is 15.3. The molecule has 1 N–H and O–H groups in total. The van der Waals surface area contributed by atoms with Gasteiger partial charge in [0.05, 0.1) is 4.88 Å². The molecule has 0 saturated carbocycles. The number of hydrogen-bond acceptors (Lipinski definition) is 6. The number of piperidine rings is 2. The molecule has 2 aliphatic rings. The maximum absolute atomic E-state index is 12.4. The summed E-state index contributed by atoms with van der Waals surface area (Å²) in [7, 11) is 0. The molecule has 32 heavy (non-hydrogen) atoms. The van der Waals surface area contributed by atoms with Crippen LogP contribution in [0.3, 0.4) is 0 Å². The number of likely N-dealkylation sites (tertiary alicyclic amines) is 2. The van der Waals surface area contributed by atoms with Crippen LogP contribution < -0.4 is 5.32 Å². The summed E-state index contributed by atoms with van der Waals surface area (Å²) in [6.45, 7) is 12.2. The van der Waals surface area contributed by atoms with Gasteiger partial charge in [0.15, 0.2) is 0 Å². The minimum absolute atomic E-state index is 0.0456. The van der Waals surface area contributed by atoms with Gasteiger partial charge in [0.25, 0.3) is 5.91 Å². The van der Waals surface area contributed by atoms with E-state index in [2.05, 4.69) is 15.1 Å². The average Bonchev–Trinajstić information content (AvgIpc) is 3.24. The summed E-state index contributed by atoms with van der Waals surface area (Å²) >= 11 is 1.38. The third-order valence-corrected chi connectivity index (χ3v) is 7.09. The zero-order valence-electron chi connectivity index (χ0n) is 19.9. The zero-order chi connectivity index (χ0) is 23.0. The van der Waals surface area contributed by atoms with Gasteiger partial charge in [0.2, 0.25) is 0 Å². The first kappa shape index (κ1) is 24.9. The van der Waals surface area contributed by atoms with Crippen molar-refractivity contribution < 1.29 is 14.3 Å². The number of hydrogen-bond donors (Lipinski definition) is 1. The van der Waals surface area contributed by atoms with Crippen LogP contribution in [0.25, 0.3) is 6.08 Å². The van der Waals surface area contributed by atoms with Crippen LogP contribution in [-0.2, 0) is 9.53 Å². The van der Waals surface area contributed by atoms with E-state index in [0.717, 1.165) is 23.9 Å². The summed E-state index contributed by atoms with van der Waals surface area (Å²) in [5, 5.41) is 3.03. The number of amides is 1. The molecule has 1 amide bonds. The molecule has 6 nitrogen and oxygen atoms in total. The lowest BCUT2D eigenvalue weighted by Crippen LogP contribution is -2.47. The second-order valence-corrected chi connectivity index (χ2v) is 11.0. The van der Waals surface area contributed by atoms with Crippen LogP contribution >= 0.6 is 11.3 Å². The Hall–Kier alpha value is -1.70. The van der Waals surface area contributed by atoms with Crippen LogP contribution in [0.2, 0.25) is 0 Å². The number of nitrogens with zero attached hydrogens (tertiary/aromatic N) is 2. The molecule has 3 heterocycles. The van der Waals surface area contributed by atoms with E-state index < -0.39 is 5.60 Å². The molecule has 1 aromatic heterocycles. The van der Waals surface area contributed by atoms with Gasteiger partial charge in [-0.1, -0.05) is 6.42 Å². The Morgan fingerprint density at radius 3 is 2.53 bits per heavy atom. The lowest BCUT2D eigenvalue weighted by molar-refractivity contribution is -0.148. The van der Waals surface area contributed by atoms with Gasteiger partial charge in [-0.2, -0.15) is 0 Å². The van der Waals surface area contributed by atoms with Crippen LogP contribution in [0.4, 0.5) is 0 Å². The van der Waals surface area contributed by atoms with Gasteiger partial charge in [-0.05, 0) is 104 Å². The van der Waals surface area contributed by atoms with Gasteiger partial charge < -0.3 is 19.9 Å². The van der Waals surface area contributed by atoms with Crippen LogP contribution in [0, 0.1) is 0 Å². The molecule has 2 fully saturated rings. The molecule has 7 heteroatoms. The fraction of sp³-hybridized carbons (Fsp3) is 0.680. The fourth-order valence-electron chi connectivity index (χ4n) is 4.43. The van der Waals surface area contributed by atoms with Crippen LogP contribution in [0.5, 0.6) is 0 Å². The second kappa shape index (κ2) is 12.0. The number of rotatable bonds is 8. The number of esters is 1. The molecule has 0 atom stereocenters. The van der Waals surface area contributed by atoms with E-state index in [4.69, 9.17) is 4.74 Å². The quantitative estimate of drug-likeness (QED) is 0.358. The highest BCUT2D eigenvalue weighted by Gasteiger charge is 2.25. The maximum atomic E-state index is 12.4. The van der Waals surface area contributed by atoms with E-state index >= 15 is 0 Å². The Morgan fingerprint density at radius 1 is 1.12 bits per heavy atom. The molecule has 2 aliphatic heterocycles. The predicted octanol–water partition coefficient (Wildman–Crippen LogP) is 4.17. The van der Waals surface area contributed by atoms with Crippen molar-refractivity contribution in [2.45, 2.75) is 70.9 Å². The minimum Gasteiger partial charge on any atom is -0.457 e. The third-order valence-electron chi connectivity index (χ3n) is 6.04. The number of nitrogens with one attached hydrogen (secondary N) is 1. The monoisotopic (exact) mass is 461 g/mol. The highest BCUT2D eigenvalue weighted by molar-refractivity contribution is 7.14. The van der Waals surface area contributed by atoms with Crippen molar-refractivity contribution in [3.05, 3.63) is 28.0 Å². The van der Waals surface area contributed by atoms with Crippen molar-refractivity contribution in [2.75, 3.05) is 39.3 Å². The smallest absolute Gasteiger partial charge is 0.331 e. The minimum atomic E-state index is -0.509. The maximum Gasteiger partial charge on any atom is 0.331 e. The molecule has 0 unspecified atom stereocenters. The van der Waals surface area contributed by atoms with Crippen LogP contribution in [0.1, 0.15) is 73.8 Å². The molecular weight excluding hydrogens is 422 g/mol. The molecule has 0 spiro atoms. The van der Waals surface area contributed by atoms with E-state index in [1.807, 2.05) is 26.8 Å². The van der Waals surface area contributed by atoms with Crippen molar-refractivity contribution in [1.82, 2.24) is 15.1 Å². The first-order valence-corrected chi connectivity index (χ1v) is 12.9. The topological polar surface area (TPSA) is 61.9 Å². The van der Waals surface area contributed by atoms with Gasteiger partial charge in [-0.15, -0.1) is 11.3 Å². The summed E-state index contributed by atoms with van der Waals surface area (Å²) in [5.41, 5.74) is -0.509. The molecule has 0 aromatic carbocycles. The molecule has 1 aromatic rings. The Balaban J connectivity index is 1.31. The number of ether oxygens (including phenoxy) is 1. The van der Waals surface area contributed by atoms with Gasteiger partial charge in [0, 0.05) is 23.5 Å².